The number of amides is 1. The van der Waals surface area contributed by atoms with Crippen molar-refractivity contribution in [3.05, 3.63) is 20.8 Å². The van der Waals surface area contributed by atoms with Gasteiger partial charge in [-0.25, -0.2) is 4.98 Å². The van der Waals surface area contributed by atoms with Crippen molar-refractivity contribution in [3.63, 3.8) is 0 Å². The summed E-state index contributed by atoms with van der Waals surface area (Å²) in [6.07, 6.45) is 9.43. The molecule has 2 heterocycles. The van der Waals surface area contributed by atoms with E-state index in [2.05, 4.69) is 11.2 Å². The highest BCUT2D eigenvalue weighted by atomic mass is 32.2. The lowest BCUT2D eigenvalue weighted by Gasteiger charge is -2.19. The van der Waals surface area contributed by atoms with Gasteiger partial charge in [-0.15, -0.1) is 17.8 Å². The summed E-state index contributed by atoms with van der Waals surface area (Å²) in [7, 11) is 0. The summed E-state index contributed by atoms with van der Waals surface area (Å²) >= 11 is 2.88. The zero-order chi connectivity index (χ0) is 18.8. The maximum Gasteiger partial charge on any atom is 0.263 e. The first-order chi connectivity index (χ1) is 12.4. The summed E-state index contributed by atoms with van der Waals surface area (Å²) < 4.78 is 1.84. The van der Waals surface area contributed by atoms with E-state index in [1.54, 1.807) is 11.3 Å². The van der Waals surface area contributed by atoms with Crippen molar-refractivity contribution in [1.29, 1.82) is 0 Å². The molecular formula is C19H23N3O2S2. The van der Waals surface area contributed by atoms with E-state index in [1.807, 2.05) is 25.3 Å². The molecule has 1 N–H and O–H groups in total. The molecule has 0 aliphatic heterocycles. The van der Waals surface area contributed by atoms with Crippen LogP contribution in [0.2, 0.25) is 0 Å². The molecule has 1 unspecified atom stereocenters. The number of nitrogens with one attached hydrogen (secondary N) is 1. The van der Waals surface area contributed by atoms with Gasteiger partial charge < -0.3 is 5.32 Å². The average Bonchev–Trinajstić information content (AvgIpc) is 3.21. The van der Waals surface area contributed by atoms with E-state index in [-0.39, 0.29) is 29.3 Å². The Kier molecular flexibility index (Phi) is 5.73. The van der Waals surface area contributed by atoms with Gasteiger partial charge in [0.25, 0.3) is 5.56 Å². The molecule has 1 amide bonds. The van der Waals surface area contributed by atoms with Gasteiger partial charge in [0.2, 0.25) is 5.91 Å². The monoisotopic (exact) mass is 389 g/mol. The molecule has 1 fully saturated rings. The molecule has 0 aromatic carbocycles. The molecule has 0 bridgehead atoms. The minimum atomic E-state index is -0.373. The molecule has 1 aliphatic carbocycles. The van der Waals surface area contributed by atoms with E-state index in [9.17, 15) is 9.59 Å². The Morgan fingerprint density at radius 3 is 2.81 bits per heavy atom. The smallest absolute Gasteiger partial charge is 0.263 e. The Labute approximate surface area is 161 Å². The van der Waals surface area contributed by atoms with Gasteiger partial charge in [0.05, 0.1) is 17.2 Å². The Morgan fingerprint density at radius 2 is 2.15 bits per heavy atom. The number of aromatic nitrogens is 2. The van der Waals surface area contributed by atoms with Gasteiger partial charge >= 0.3 is 0 Å². The van der Waals surface area contributed by atoms with Crippen molar-refractivity contribution in [3.8, 4) is 12.3 Å². The van der Waals surface area contributed by atoms with Gasteiger partial charge in [-0.3, -0.25) is 14.2 Å². The van der Waals surface area contributed by atoms with Crippen molar-refractivity contribution in [2.75, 3.05) is 6.54 Å². The third kappa shape index (κ3) is 3.53. The lowest BCUT2D eigenvalue weighted by molar-refractivity contribution is -0.120. The van der Waals surface area contributed by atoms with Crippen molar-refractivity contribution < 1.29 is 4.79 Å². The first-order valence-electron chi connectivity index (χ1n) is 8.84. The molecule has 5 nitrogen and oxygen atoms in total. The fraction of sp³-hybridized carbons (Fsp3) is 0.526. The number of terminal acetylenes is 1. The number of fused-ring (bicyclic) bond motifs is 1. The van der Waals surface area contributed by atoms with Crippen molar-refractivity contribution in [2.45, 2.75) is 62.9 Å². The standard InChI is InChI=1S/C19H23N3O2S2/c1-5-10-20-16(23)13(4)26-19-21-17-15(11(2)12(3)25-17)18(24)22(19)14-8-6-7-9-14/h1,13-14H,6-10H2,2-4H3,(H,20,23). The second-order valence-electron chi connectivity index (χ2n) is 6.65. The first kappa shape index (κ1) is 19.0. The van der Waals surface area contributed by atoms with E-state index in [0.717, 1.165) is 46.3 Å². The Bertz CT molecular complexity index is 933. The number of carbonyl (C=O) groups is 1. The van der Waals surface area contributed by atoms with Crippen LogP contribution in [-0.2, 0) is 4.79 Å². The van der Waals surface area contributed by atoms with Crippen LogP contribution in [0.3, 0.4) is 0 Å². The number of thiophene rings is 1. The van der Waals surface area contributed by atoms with Crippen LogP contribution in [0.25, 0.3) is 10.2 Å². The minimum absolute atomic E-state index is 0.0301. The molecule has 1 saturated carbocycles. The molecule has 26 heavy (non-hydrogen) atoms. The lowest BCUT2D eigenvalue weighted by Crippen LogP contribution is -2.32. The Hall–Kier alpha value is -1.78. The predicted octanol–water partition coefficient (Wildman–Crippen LogP) is 3.42. The average molecular weight is 390 g/mol. The van der Waals surface area contributed by atoms with Crippen LogP contribution in [-0.4, -0.2) is 27.3 Å². The van der Waals surface area contributed by atoms with Crippen molar-refractivity contribution in [1.82, 2.24) is 14.9 Å². The quantitative estimate of drug-likeness (QED) is 0.483. The third-order valence-corrected chi connectivity index (χ3v) is 7.08. The van der Waals surface area contributed by atoms with E-state index in [1.165, 1.54) is 11.8 Å². The van der Waals surface area contributed by atoms with Crippen LogP contribution in [0, 0.1) is 26.2 Å². The number of hydrogen-bond acceptors (Lipinski definition) is 5. The van der Waals surface area contributed by atoms with Gasteiger partial charge in [0, 0.05) is 10.9 Å². The summed E-state index contributed by atoms with van der Waals surface area (Å²) in [6.45, 7) is 6.02. The second kappa shape index (κ2) is 7.85. The van der Waals surface area contributed by atoms with Gasteiger partial charge in [0.15, 0.2) is 5.16 Å². The second-order valence-corrected chi connectivity index (χ2v) is 9.16. The maximum atomic E-state index is 13.3. The topological polar surface area (TPSA) is 64.0 Å². The van der Waals surface area contributed by atoms with Gasteiger partial charge in [-0.1, -0.05) is 30.5 Å². The fourth-order valence-electron chi connectivity index (χ4n) is 3.35. The van der Waals surface area contributed by atoms with Crippen LogP contribution >= 0.6 is 23.1 Å². The highest BCUT2D eigenvalue weighted by molar-refractivity contribution is 8.00. The number of nitrogens with zero attached hydrogens (tertiary/aromatic N) is 2. The largest absolute Gasteiger partial charge is 0.344 e. The lowest BCUT2D eigenvalue weighted by atomic mass is 10.2. The number of hydrogen-bond donors (Lipinski definition) is 1. The molecule has 0 radical (unpaired) electrons. The van der Waals surface area contributed by atoms with Crippen molar-refractivity contribution >= 4 is 39.2 Å². The van der Waals surface area contributed by atoms with E-state index >= 15 is 0 Å². The molecule has 0 spiro atoms. The summed E-state index contributed by atoms with van der Waals surface area (Å²) in [6, 6.07) is 0.169. The highest BCUT2D eigenvalue weighted by Gasteiger charge is 2.26. The molecule has 2 aromatic rings. The molecule has 2 aromatic heterocycles. The molecule has 0 saturated heterocycles. The zero-order valence-electron chi connectivity index (χ0n) is 15.3. The molecular weight excluding hydrogens is 366 g/mol. The van der Waals surface area contributed by atoms with E-state index in [4.69, 9.17) is 11.4 Å². The summed E-state index contributed by atoms with van der Waals surface area (Å²) in [5.41, 5.74) is 1.05. The van der Waals surface area contributed by atoms with Gasteiger partial charge in [0.1, 0.15) is 4.83 Å². The third-order valence-electron chi connectivity index (χ3n) is 4.91. The highest BCUT2D eigenvalue weighted by Crippen LogP contribution is 2.35. The van der Waals surface area contributed by atoms with Gasteiger partial charge in [-0.05, 0) is 39.2 Å². The molecule has 3 rings (SSSR count). The van der Waals surface area contributed by atoms with Crippen LogP contribution in [0.4, 0.5) is 0 Å². The predicted molar refractivity (Wildman–Crippen MR) is 108 cm³/mol. The molecule has 1 atom stereocenters. The summed E-state index contributed by atoms with van der Waals surface area (Å²) in [5.74, 6) is 2.27. The fourth-order valence-corrected chi connectivity index (χ4v) is 5.42. The summed E-state index contributed by atoms with van der Waals surface area (Å²) in [4.78, 5) is 32.2. The zero-order valence-corrected chi connectivity index (χ0v) is 16.9. The maximum absolute atomic E-state index is 13.3. The Balaban J connectivity index is 2.05. The molecule has 138 valence electrons. The van der Waals surface area contributed by atoms with Gasteiger partial charge in [-0.2, -0.15) is 0 Å². The van der Waals surface area contributed by atoms with E-state index < -0.39 is 0 Å². The van der Waals surface area contributed by atoms with Crippen LogP contribution in [0.5, 0.6) is 0 Å². The Morgan fingerprint density at radius 1 is 1.46 bits per heavy atom. The number of rotatable bonds is 5. The molecule has 1 aliphatic rings. The minimum Gasteiger partial charge on any atom is -0.344 e. The number of carbonyl (C=O) groups excluding carboxylic acids is 1. The van der Waals surface area contributed by atoms with E-state index in [0.29, 0.717) is 5.16 Å². The SMILES string of the molecule is C#CCNC(=O)C(C)Sc1nc2sc(C)c(C)c2c(=O)n1C1CCCC1. The van der Waals surface area contributed by atoms with Crippen LogP contribution in [0.1, 0.15) is 49.1 Å². The van der Waals surface area contributed by atoms with Crippen LogP contribution < -0.4 is 10.9 Å². The first-order valence-corrected chi connectivity index (χ1v) is 10.5. The normalized spacial score (nSPS) is 15.9. The number of aryl methyl sites for hydroxylation is 2. The summed E-state index contributed by atoms with van der Waals surface area (Å²) in [5, 5.41) is 3.69. The van der Waals surface area contributed by atoms with Crippen molar-refractivity contribution in [2.24, 2.45) is 0 Å². The van der Waals surface area contributed by atoms with Crippen LogP contribution in [0.15, 0.2) is 9.95 Å². The number of thioether (sulfide) groups is 1. The molecule has 7 heteroatoms.